The first-order chi connectivity index (χ1) is 16.8. The predicted octanol–water partition coefficient (Wildman–Crippen LogP) is 4.06. The van der Waals surface area contributed by atoms with Crippen LogP contribution in [0.3, 0.4) is 0 Å². The molecular formula is C26H33N7O. The smallest absolute Gasteiger partial charge is 0.147 e. The molecule has 8 heteroatoms. The van der Waals surface area contributed by atoms with Gasteiger partial charge in [-0.05, 0) is 61.9 Å². The van der Waals surface area contributed by atoms with Crippen LogP contribution >= 0.6 is 0 Å². The second-order valence-electron chi connectivity index (χ2n) is 8.48. The van der Waals surface area contributed by atoms with Gasteiger partial charge in [-0.3, -0.25) is 4.90 Å². The quantitative estimate of drug-likeness (QED) is 0.286. The number of hydrogen-bond acceptors (Lipinski definition) is 6. The SMILES string of the molecule is COc1ccc(CCCn2cnnc2CN(CCCCc2ccccc2)Cc2nnc[nH]2)cc1. The van der Waals surface area contributed by atoms with E-state index in [0.29, 0.717) is 6.54 Å². The Bertz CT molecular complexity index is 1080. The maximum absolute atomic E-state index is 5.24. The molecule has 4 aromatic rings. The minimum atomic E-state index is 0.712. The molecule has 0 unspecified atom stereocenters. The summed E-state index contributed by atoms with van der Waals surface area (Å²) in [5.74, 6) is 2.74. The number of H-pyrrole nitrogens is 1. The highest BCUT2D eigenvalue weighted by atomic mass is 16.5. The first-order valence-corrected chi connectivity index (χ1v) is 11.9. The summed E-state index contributed by atoms with van der Waals surface area (Å²) in [7, 11) is 1.69. The van der Waals surface area contributed by atoms with E-state index in [4.69, 9.17) is 4.74 Å². The van der Waals surface area contributed by atoms with Crippen molar-refractivity contribution in [3.8, 4) is 5.75 Å². The third kappa shape index (κ3) is 7.25. The van der Waals surface area contributed by atoms with Crippen molar-refractivity contribution in [2.45, 2.75) is 51.7 Å². The van der Waals surface area contributed by atoms with Crippen LogP contribution in [0.25, 0.3) is 0 Å². The van der Waals surface area contributed by atoms with Crippen molar-refractivity contribution in [3.05, 3.63) is 90.0 Å². The standard InChI is InChI=1S/C26H33N7O/c1-34-24-14-12-23(13-15-24)11-7-17-33-21-29-31-26(33)19-32(18-25-27-20-28-30-25)16-6-5-10-22-8-3-2-4-9-22/h2-4,8-9,12-15,20-21H,5-7,10-11,16-19H2,1H3,(H,27,28,30). The zero-order valence-electron chi connectivity index (χ0n) is 19.8. The third-order valence-electron chi connectivity index (χ3n) is 5.96. The highest BCUT2D eigenvalue weighted by Crippen LogP contribution is 2.14. The Balaban J connectivity index is 1.30. The molecule has 0 saturated carbocycles. The van der Waals surface area contributed by atoms with E-state index in [1.54, 1.807) is 13.4 Å². The van der Waals surface area contributed by atoms with Crippen LogP contribution in [0, 0.1) is 0 Å². The van der Waals surface area contributed by atoms with Crippen LogP contribution in [0.1, 0.15) is 42.0 Å². The number of aromatic nitrogens is 6. The fourth-order valence-electron chi connectivity index (χ4n) is 4.08. The summed E-state index contributed by atoms with van der Waals surface area (Å²) >= 11 is 0. The van der Waals surface area contributed by atoms with E-state index in [9.17, 15) is 0 Å². The monoisotopic (exact) mass is 459 g/mol. The Hall–Kier alpha value is -3.52. The molecule has 0 fully saturated rings. The maximum Gasteiger partial charge on any atom is 0.147 e. The zero-order valence-corrected chi connectivity index (χ0v) is 19.8. The van der Waals surface area contributed by atoms with Crippen molar-refractivity contribution in [3.63, 3.8) is 0 Å². The van der Waals surface area contributed by atoms with Crippen molar-refractivity contribution in [2.75, 3.05) is 13.7 Å². The first kappa shape index (κ1) is 23.6. The van der Waals surface area contributed by atoms with Gasteiger partial charge >= 0.3 is 0 Å². The fourth-order valence-corrected chi connectivity index (χ4v) is 4.08. The molecule has 2 aromatic carbocycles. The number of methoxy groups -OCH3 is 1. The number of hydrogen-bond donors (Lipinski definition) is 1. The van der Waals surface area contributed by atoms with Crippen molar-refractivity contribution in [1.82, 2.24) is 34.8 Å². The molecule has 1 N–H and O–H groups in total. The van der Waals surface area contributed by atoms with Gasteiger partial charge in [0, 0.05) is 6.54 Å². The second kappa shape index (κ2) is 12.6. The number of unbranched alkanes of at least 4 members (excludes halogenated alkanes) is 1. The van der Waals surface area contributed by atoms with Crippen molar-refractivity contribution in [2.24, 2.45) is 0 Å². The minimum absolute atomic E-state index is 0.712. The molecule has 0 saturated heterocycles. The van der Waals surface area contributed by atoms with Gasteiger partial charge in [0.15, 0.2) is 0 Å². The number of nitrogens with one attached hydrogen (secondary N) is 1. The number of benzene rings is 2. The lowest BCUT2D eigenvalue weighted by atomic mass is 10.1. The molecule has 2 heterocycles. The topological polar surface area (TPSA) is 84.8 Å². The summed E-state index contributed by atoms with van der Waals surface area (Å²) in [6, 6.07) is 18.9. The summed E-state index contributed by atoms with van der Waals surface area (Å²) in [5, 5.41) is 16.7. The van der Waals surface area contributed by atoms with Crippen LogP contribution in [0.15, 0.2) is 67.3 Å². The Kier molecular flexibility index (Phi) is 8.79. The summed E-state index contributed by atoms with van der Waals surface area (Å²) in [4.78, 5) is 5.49. The number of rotatable bonds is 14. The summed E-state index contributed by atoms with van der Waals surface area (Å²) in [6.07, 6.45) is 8.84. The van der Waals surface area contributed by atoms with Gasteiger partial charge in [-0.25, -0.2) is 0 Å². The predicted molar refractivity (Wildman–Crippen MR) is 131 cm³/mol. The van der Waals surface area contributed by atoms with E-state index in [0.717, 1.165) is 69.1 Å². The molecule has 0 atom stereocenters. The molecule has 0 bridgehead atoms. The molecule has 0 amide bonds. The molecule has 178 valence electrons. The Morgan fingerprint density at radius 3 is 2.41 bits per heavy atom. The third-order valence-corrected chi connectivity index (χ3v) is 5.96. The molecule has 0 spiro atoms. The van der Waals surface area contributed by atoms with Gasteiger partial charge in [0.25, 0.3) is 0 Å². The Labute approximate surface area is 201 Å². The fraction of sp³-hybridized carbons (Fsp3) is 0.385. The van der Waals surface area contributed by atoms with Gasteiger partial charge in [0.1, 0.15) is 30.1 Å². The van der Waals surface area contributed by atoms with Crippen LogP contribution in [-0.4, -0.2) is 48.5 Å². The van der Waals surface area contributed by atoms with Gasteiger partial charge in [0.2, 0.25) is 0 Å². The largest absolute Gasteiger partial charge is 0.497 e. The normalized spacial score (nSPS) is 11.2. The average Bonchev–Trinajstić information content (AvgIpc) is 3.55. The van der Waals surface area contributed by atoms with Crippen LogP contribution < -0.4 is 4.74 Å². The van der Waals surface area contributed by atoms with Crippen molar-refractivity contribution in [1.29, 1.82) is 0 Å². The minimum Gasteiger partial charge on any atom is -0.497 e. The van der Waals surface area contributed by atoms with Gasteiger partial charge in [-0.1, -0.05) is 42.5 Å². The maximum atomic E-state index is 5.24. The second-order valence-corrected chi connectivity index (χ2v) is 8.48. The Morgan fingerprint density at radius 1 is 0.853 bits per heavy atom. The molecule has 8 nitrogen and oxygen atoms in total. The first-order valence-electron chi connectivity index (χ1n) is 11.9. The van der Waals surface area contributed by atoms with E-state index in [2.05, 4.69) is 77.3 Å². The van der Waals surface area contributed by atoms with Gasteiger partial charge in [-0.15, -0.1) is 20.4 Å². The van der Waals surface area contributed by atoms with E-state index in [1.165, 1.54) is 11.1 Å². The zero-order chi connectivity index (χ0) is 23.4. The molecular weight excluding hydrogens is 426 g/mol. The van der Waals surface area contributed by atoms with Gasteiger partial charge in [-0.2, -0.15) is 0 Å². The molecule has 0 aliphatic carbocycles. The van der Waals surface area contributed by atoms with Gasteiger partial charge in [0.05, 0.1) is 20.2 Å². The molecule has 0 aliphatic heterocycles. The average molecular weight is 460 g/mol. The number of ether oxygens (including phenoxy) is 1. The Morgan fingerprint density at radius 2 is 1.65 bits per heavy atom. The lowest BCUT2D eigenvalue weighted by Gasteiger charge is -2.21. The summed E-state index contributed by atoms with van der Waals surface area (Å²) < 4.78 is 7.41. The lowest BCUT2D eigenvalue weighted by molar-refractivity contribution is 0.235. The van der Waals surface area contributed by atoms with Crippen molar-refractivity contribution < 1.29 is 4.74 Å². The van der Waals surface area contributed by atoms with E-state index >= 15 is 0 Å². The summed E-state index contributed by atoms with van der Waals surface area (Å²) in [6.45, 7) is 3.30. The molecule has 0 radical (unpaired) electrons. The van der Waals surface area contributed by atoms with Crippen LogP contribution in [0.5, 0.6) is 5.75 Å². The lowest BCUT2D eigenvalue weighted by Crippen LogP contribution is -2.26. The highest BCUT2D eigenvalue weighted by molar-refractivity contribution is 5.27. The number of nitrogens with zero attached hydrogens (tertiary/aromatic N) is 6. The van der Waals surface area contributed by atoms with Gasteiger partial charge < -0.3 is 14.3 Å². The highest BCUT2D eigenvalue weighted by Gasteiger charge is 2.13. The molecule has 2 aromatic heterocycles. The van der Waals surface area contributed by atoms with Crippen LogP contribution in [0.2, 0.25) is 0 Å². The van der Waals surface area contributed by atoms with Crippen LogP contribution in [-0.2, 0) is 32.5 Å². The molecule has 4 rings (SSSR count). The van der Waals surface area contributed by atoms with E-state index in [1.807, 2.05) is 18.5 Å². The molecule has 34 heavy (non-hydrogen) atoms. The summed E-state index contributed by atoms with van der Waals surface area (Å²) in [5.41, 5.74) is 2.70. The van der Waals surface area contributed by atoms with E-state index in [-0.39, 0.29) is 0 Å². The van der Waals surface area contributed by atoms with Crippen molar-refractivity contribution >= 4 is 0 Å². The molecule has 0 aliphatic rings. The van der Waals surface area contributed by atoms with E-state index < -0.39 is 0 Å². The number of aryl methyl sites for hydroxylation is 3. The number of aromatic amines is 1. The van der Waals surface area contributed by atoms with Crippen LogP contribution in [0.4, 0.5) is 0 Å².